The summed E-state index contributed by atoms with van der Waals surface area (Å²) >= 11 is 6.00. The van der Waals surface area contributed by atoms with Gasteiger partial charge in [0.25, 0.3) is 5.91 Å². The Labute approximate surface area is 197 Å². The molecule has 1 unspecified atom stereocenters. The third kappa shape index (κ3) is 3.56. The Morgan fingerprint density at radius 3 is 2.48 bits per heavy atom. The number of anilines is 1. The number of halogens is 1. The van der Waals surface area contributed by atoms with Gasteiger partial charge in [-0.1, -0.05) is 29.8 Å². The Kier molecular flexibility index (Phi) is 5.03. The number of carbonyl (C=O) groups excluding carboxylic acids is 2. The second-order valence-electron chi connectivity index (χ2n) is 9.05. The zero-order chi connectivity index (χ0) is 22.5. The number of nitrogens with zero attached hydrogens (tertiary/aromatic N) is 4. The average molecular weight is 464 g/mol. The predicted molar refractivity (Wildman–Crippen MR) is 129 cm³/mol. The van der Waals surface area contributed by atoms with E-state index in [0.29, 0.717) is 26.1 Å². The summed E-state index contributed by atoms with van der Waals surface area (Å²) in [6.07, 6.45) is 0.584. The Hall–Kier alpha value is -3.03. The van der Waals surface area contributed by atoms with Crippen LogP contribution in [0.1, 0.15) is 11.3 Å². The number of aromatic amines is 1. The third-order valence-electron chi connectivity index (χ3n) is 7.24. The number of nitrogens with one attached hydrogen (secondary N) is 1. The SMILES string of the molecule is O=C1C2Cc3c([nH]c4ccccc34)CN2C(=O)N1CCN1CCN(c2ccc(Cl)cc2)CC1. The first-order chi connectivity index (χ1) is 16.1. The maximum absolute atomic E-state index is 13.2. The van der Waals surface area contributed by atoms with Crippen LogP contribution in [0.5, 0.6) is 0 Å². The molecule has 4 heterocycles. The molecule has 3 aromatic rings. The molecule has 3 aliphatic rings. The van der Waals surface area contributed by atoms with E-state index >= 15 is 0 Å². The summed E-state index contributed by atoms with van der Waals surface area (Å²) in [5, 5.41) is 1.90. The van der Waals surface area contributed by atoms with Crippen LogP contribution in [0.15, 0.2) is 48.5 Å². The summed E-state index contributed by atoms with van der Waals surface area (Å²) in [4.78, 5) is 37.6. The number of hydrogen-bond acceptors (Lipinski definition) is 4. The van der Waals surface area contributed by atoms with E-state index in [0.717, 1.165) is 47.8 Å². The molecule has 2 fully saturated rings. The van der Waals surface area contributed by atoms with Crippen LogP contribution in [0.4, 0.5) is 10.5 Å². The molecule has 0 bridgehead atoms. The molecular formula is C25H26ClN5O2. The number of benzene rings is 2. The van der Waals surface area contributed by atoms with Gasteiger partial charge in [-0.15, -0.1) is 0 Å². The maximum Gasteiger partial charge on any atom is 0.327 e. The van der Waals surface area contributed by atoms with E-state index < -0.39 is 0 Å². The number of hydrogen-bond donors (Lipinski definition) is 1. The van der Waals surface area contributed by atoms with Crippen LogP contribution in [0, 0.1) is 0 Å². The van der Waals surface area contributed by atoms with Crippen molar-refractivity contribution in [3.63, 3.8) is 0 Å². The first-order valence-corrected chi connectivity index (χ1v) is 11.9. The van der Waals surface area contributed by atoms with E-state index in [1.165, 1.54) is 16.2 Å². The third-order valence-corrected chi connectivity index (χ3v) is 7.49. The van der Waals surface area contributed by atoms with Crippen molar-refractivity contribution in [1.82, 2.24) is 19.7 Å². The van der Waals surface area contributed by atoms with Crippen molar-refractivity contribution in [3.05, 3.63) is 64.8 Å². The highest BCUT2D eigenvalue weighted by atomic mass is 35.5. The number of aromatic nitrogens is 1. The fourth-order valence-electron chi connectivity index (χ4n) is 5.39. The number of amides is 3. The van der Waals surface area contributed by atoms with Crippen LogP contribution >= 0.6 is 11.6 Å². The van der Waals surface area contributed by atoms with Crippen LogP contribution in [0.25, 0.3) is 10.9 Å². The average Bonchev–Trinajstić information content (AvgIpc) is 3.32. The predicted octanol–water partition coefficient (Wildman–Crippen LogP) is 3.33. The molecule has 170 valence electrons. The van der Waals surface area contributed by atoms with E-state index in [-0.39, 0.29) is 18.0 Å². The van der Waals surface area contributed by atoms with Gasteiger partial charge in [0.15, 0.2) is 0 Å². The molecule has 0 saturated carbocycles. The minimum atomic E-state index is -0.383. The summed E-state index contributed by atoms with van der Waals surface area (Å²) in [6.45, 7) is 5.27. The zero-order valence-corrected chi connectivity index (χ0v) is 19.1. The normalized spacial score (nSPS) is 21.1. The topological polar surface area (TPSA) is 62.9 Å². The molecule has 1 aromatic heterocycles. The second-order valence-corrected chi connectivity index (χ2v) is 9.49. The molecule has 0 spiro atoms. The highest BCUT2D eigenvalue weighted by Gasteiger charge is 2.47. The van der Waals surface area contributed by atoms with Crippen molar-refractivity contribution in [1.29, 1.82) is 0 Å². The number of H-pyrrole nitrogens is 1. The molecule has 0 radical (unpaired) electrons. The Morgan fingerprint density at radius 2 is 1.70 bits per heavy atom. The smallest absolute Gasteiger partial charge is 0.327 e. The molecular weight excluding hydrogens is 438 g/mol. The molecule has 2 saturated heterocycles. The quantitative estimate of drug-likeness (QED) is 0.603. The van der Waals surface area contributed by atoms with Gasteiger partial charge in [-0.3, -0.25) is 14.6 Å². The second kappa shape index (κ2) is 8.08. The standard InChI is InChI=1S/C25H26ClN5O2/c26-17-5-7-18(8-6-17)29-12-9-28(10-13-29)11-14-30-24(32)23-15-20-19-3-1-2-4-21(19)27-22(20)16-31(23)25(30)33/h1-8,23,27H,9-16H2. The lowest BCUT2D eigenvalue weighted by Crippen LogP contribution is -2.49. The van der Waals surface area contributed by atoms with E-state index in [4.69, 9.17) is 11.6 Å². The fourth-order valence-corrected chi connectivity index (χ4v) is 5.51. The summed E-state index contributed by atoms with van der Waals surface area (Å²) in [5.41, 5.74) is 4.47. The molecule has 7 nitrogen and oxygen atoms in total. The van der Waals surface area contributed by atoms with Gasteiger partial charge >= 0.3 is 6.03 Å². The van der Waals surface area contributed by atoms with Crippen molar-refractivity contribution >= 4 is 40.1 Å². The van der Waals surface area contributed by atoms with Gasteiger partial charge in [-0.05, 0) is 35.9 Å². The van der Waals surface area contributed by atoms with Gasteiger partial charge in [0, 0.05) is 73.0 Å². The Morgan fingerprint density at radius 1 is 0.939 bits per heavy atom. The lowest BCUT2D eigenvalue weighted by atomic mass is 9.97. The van der Waals surface area contributed by atoms with E-state index in [1.807, 2.05) is 42.5 Å². The summed E-state index contributed by atoms with van der Waals surface area (Å²) in [6, 6.07) is 15.5. The number of rotatable bonds is 4. The molecule has 3 aliphatic heterocycles. The fraction of sp³-hybridized carbons (Fsp3) is 0.360. The van der Waals surface area contributed by atoms with Crippen LogP contribution in [0.2, 0.25) is 5.02 Å². The summed E-state index contributed by atoms with van der Waals surface area (Å²) in [7, 11) is 0. The minimum absolute atomic E-state index is 0.0595. The maximum atomic E-state index is 13.2. The monoisotopic (exact) mass is 463 g/mol. The van der Waals surface area contributed by atoms with Crippen molar-refractivity contribution in [3.8, 4) is 0 Å². The van der Waals surface area contributed by atoms with Gasteiger partial charge in [0.1, 0.15) is 6.04 Å². The first-order valence-electron chi connectivity index (χ1n) is 11.5. The summed E-state index contributed by atoms with van der Waals surface area (Å²) < 4.78 is 0. The number of fused-ring (bicyclic) bond motifs is 4. The molecule has 8 heteroatoms. The van der Waals surface area contributed by atoms with Gasteiger partial charge in [-0.25, -0.2) is 4.79 Å². The molecule has 1 N–H and O–H groups in total. The molecule has 0 aliphatic carbocycles. The first kappa shape index (κ1) is 20.6. The lowest BCUT2D eigenvalue weighted by Gasteiger charge is -2.36. The summed E-state index contributed by atoms with van der Waals surface area (Å²) in [5.74, 6) is -0.0595. The van der Waals surface area contributed by atoms with Crippen LogP contribution in [-0.2, 0) is 17.8 Å². The largest absolute Gasteiger partial charge is 0.369 e. The lowest BCUT2D eigenvalue weighted by molar-refractivity contribution is -0.128. The highest BCUT2D eigenvalue weighted by molar-refractivity contribution is 6.30. The molecule has 2 aromatic carbocycles. The number of piperazine rings is 1. The van der Waals surface area contributed by atoms with Gasteiger partial charge in [-0.2, -0.15) is 0 Å². The van der Waals surface area contributed by atoms with Gasteiger partial charge < -0.3 is 14.8 Å². The molecule has 33 heavy (non-hydrogen) atoms. The van der Waals surface area contributed by atoms with E-state index in [1.54, 1.807) is 4.90 Å². The van der Waals surface area contributed by atoms with Crippen LogP contribution in [-0.4, -0.2) is 76.9 Å². The minimum Gasteiger partial charge on any atom is -0.369 e. The molecule has 3 amide bonds. The van der Waals surface area contributed by atoms with Crippen LogP contribution in [0.3, 0.4) is 0 Å². The van der Waals surface area contributed by atoms with E-state index in [9.17, 15) is 9.59 Å². The number of carbonyl (C=O) groups is 2. The zero-order valence-electron chi connectivity index (χ0n) is 18.3. The molecule has 6 rings (SSSR count). The Balaban J connectivity index is 1.08. The van der Waals surface area contributed by atoms with Gasteiger partial charge in [0.05, 0.1) is 6.54 Å². The highest BCUT2D eigenvalue weighted by Crippen LogP contribution is 2.34. The number of para-hydroxylation sites is 1. The van der Waals surface area contributed by atoms with Crippen LogP contribution < -0.4 is 4.90 Å². The van der Waals surface area contributed by atoms with Crippen molar-refractivity contribution in [2.75, 3.05) is 44.2 Å². The van der Waals surface area contributed by atoms with Crippen molar-refractivity contribution in [2.24, 2.45) is 0 Å². The molecule has 1 atom stereocenters. The van der Waals surface area contributed by atoms with E-state index in [2.05, 4.69) is 20.9 Å². The van der Waals surface area contributed by atoms with Crippen molar-refractivity contribution in [2.45, 2.75) is 19.0 Å². The number of imide groups is 1. The van der Waals surface area contributed by atoms with Crippen molar-refractivity contribution < 1.29 is 9.59 Å². The van der Waals surface area contributed by atoms with Gasteiger partial charge in [0.2, 0.25) is 0 Å². The number of urea groups is 1. The Bertz CT molecular complexity index is 1220.